The molecule has 2 aromatic heterocycles. The number of benzene rings is 1. The Morgan fingerprint density at radius 1 is 1.00 bits per heavy atom. The summed E-state index contributed by atoms with van der Waals surface area (Å²) in [7, 11) is 1.90. The van der Waals surface area contributed by atoms with Gasteiger partial charge in [0.2, 0.25) is 0 Å². The van der Waals surface area contributed by atoms with Crippen molar-refractivity contribution in [1.29, 1.82) is 0 Å². The molecule has 2 heterocycles. The lowest BCUT2D eigenvalue weighted by Gasteiger charge is -2.05. The average Bonchev–Trinajstić information content (AvgIpc) is 2.47. The molecule has 3 rings (SSSR count). The highest BCUT2D eigenvalue weighted by molar-refractivity contribution is 5.92. The van der Waals surface area contributed by atoms with Gasteiger partial charge < -0.3 is 5.32 Å². The summed E-state index contributed by atoms with van der Waals surface area (Å²) in [6.45, 7) is 0.723. The van der Waals surface area contributed by atoms with Gasteiger partial charge in [0.1, 0.15) is 5.69 Å². The first-order valence-electron chi connectivity index (χ1n) is 6.19. The van der Waals surface area contributed by atoms with Crippen molar-refractivity contribution in [3.8, 4) is 11.5 Å². The van der Waals surface area contributed by atoms with Crippen molar-refractivity contribution in [1.82, 2.24) is 20.3 Å². The lowest BCUT2D eigenvalue weighted by Crippen LogP contribution is -2.08. The summed E-state index contributed by atoms with van der Waals surface area (Å²) in [6.07, 6.45) is 3.57. The molecule has 0 fully saturated rings. The zero-order valence-corrected chi connectivity index (χ0v) is 10.7. The van der Waals surface area contributed by atoms with Crippen LogP contribution < -0.4 is 5.32 Å². The molecule has 0 unspecified atom stereocenters. The molecule has 0 spiro atoms. The Bertz CT molecular complexity index is 704. The third-order valence-corrected chi connectivity index (χ3v) is 2.96. The molecule has 0 saturated carbocycles. The van der Waals surface area contributed by atoms with Gasteiger partial charge >= 0.3 is 0 Å². The van der Waals surface area contributed by atoms with Gasteiger partial charge in [-0.3, -0.25) is 4.98 Å². The van der Waals surface area contributed by atoms with Gasteiger partial charge in [-0.05, 0) is 24.6 Å². The lowest BCUT2D eigenvalue weighted by atomic mass is 10.1. The van der Waals surface area contributed by atoms with E-state index in [2.05, 4.69) is 26.3 Å². The van der Waals surface area contributed by atoms with Gasteiger partial charge in [-0.2, -0.15) is 0 Å². The normalized spacial score (nSPS) is 10.8. The second-order valence-electron chi connectivity index (χ2n) is 4.28. The van der Waals surface area contributed by atoms with E-state index in [0.717, 1.165) is 28.7 Å². The van der Waals surface area contributed by atoms with Crippen LogP contribution in [0, 0.1) is 0 Å². The molecule has 0 aliphatic carbocycles. The minimum atomic E-state index is 0.671. The Hall–Kier alpha value is -2.33. The second kappa shape index (κ2) is 5.12. The number of aromatic nitrogens is 3. The van der Waals surface area contributed by atoms with Crippen LogP contribution in [0.5, 0.6) is 0 Å². The summed E-state index contributed by atoms with van der Waals surface area (Å²) in [5, 5.41) is 5.31. The fraction of sp³-hybridized carbons (Fsp3) is 0.133. The first kappa shape index (κ1) is 11.7. The molecule has 1 aromatic carbocycles. The molecule has 3 aromatic rings. The molecule has 0 amide bonds. The van der Waals surface area contributed by atoms with Gasteiger partial charge in [-0.25, -0.2) is 9.97 Å². The molecule has 0 atom stereocenters. The van der Waals surface area contributed by atoms with Crippen LogP contribution in [-0.2, 0) is 6.54 Å². The van der Waals surface area contributed by atoms with E-state index in [9.17, 15) is 0 Å². The molecule has 0 saturated heterocycles. The zero-order valence-electron chi connectivity index (χ0n) is 10.7. The fourth-order valence-corrected chi connectivity index (χ4v) is 2.09. The summed E-state index contributed by atoms with van der Waals surface area (Å²) in [6, 6.07) is 12.0. The minimum absolute atomic E-state index is 0.671. The number of rotatable bonds is 3. The molecule has 4 nitrogen and oxygen atoms in total. The van der Waals surface area contributed by atoms with Crippen LogP contribution >= 0.6 is 0 Å². The maximum Gasteiger partial charge on any atom is 0.179 e. The highest BCUT2D eigenvalue weighted by Gasteiger charge is 2.08. The lowest BCUT2D eigenvalue weighted by molar-refractivity contribution is 0.787. The van der Waals surface area contributed by atoms with Crippen molar-refractivity contribution in [3.05, 3.63) is 54.5 Å². The molecule has 1 N–H and O–H groups in total. The van der Waals surface area contributed by atoms with Crippen LogP contribution in [-0.4, -0.2) is 22.0 Å². The number of pyridine rings is 1. The maximum absolute atomic E-state index is 4.55. The summed E-state index contributed by atoms with van der Waals surface area (Å²) < 4.78 is 0. The monoisotopic (exact) mass is 250 g/mol. The predicted octanol–water partition coefficient (Wildman–Crippen LogP) is 2.41. The van der Waals surface area contributed by atoms with Crippen LogP contribution in [0.4, 0.5) is 0 Å². The van der Waals surface area contributed by atoms with Gasteiger partial charge in [-0.1, -0.05) is 24.3 Å². The summed E-state index contributed by atoms with van der Waals surface area (Å²) in [5.41, 5.74) is 1.79. The van der Waals surface area contributed by atoms with E-state index >= 15 is 0 Å². The molecular formula is C15H14N4. The van der Waals surface area contributed by atoms with Crippen molar-refractivity contribution < 1.29 is 0 Å². The van der Waals surface area contributed by atoms with Crippen LogP contribution in [0.1, 0.15) is 5.69 Å². The van der Waals surface area contributed by atoms with Gasteiger partial charge in [0, 0.05) is 24.3 Å². The Morgan fingerprint density at radius 2 is 1.84 bits per heavy atom. The van der Waals surface area contributed by atoms with Gasteiger partial charge in [-0.15, -0.1) is 0 Å². The van der Waals surface area contributed by atoms with Crippen molar-refractivity contribution in [2.24, 2.45) is 0 Å². The largest absolute Gasteiger partial charge is 0.314 e. The molecule has 0 radical (unpaired) electrons. The Labute approximate surface area is 111 Å². The van der Waals surface area contributed by atoms with Crippen molar-refractivity contribution in [2.45, 2.75) is 6.54 Å². The zero-order chi connectivity index (χ0) is 13.1. The third kappa shape index (κ3) is 2.30. The summed E-state index contributed by atoms with van der Waals surface area (Å²) in [5.74, 6) is 0.671. The van der Waals surface area contributed by atoms with Gasteiger partial charge in [0.05, 0.1) is 5.69 Å². The fourth-order valence-electron chi connectivity index (χ4n) is 2.09. The number of nitrogens with one attached hydrogen (secondary N) is 1. The number of fused-ring (bicyclic) bond motifs is 1. The van der Waals surface area contributed by atoms with E-state index in [4.69, 9.17) is 0 Å². The van der Waals surface area contributed by atoms with E-state index < -0.39 is 0 Å². The van der Waals surface area contributed by atoms with Gasteiger partial charge in [0.25, 0.3) is 0 Å². The average molecular weight is 250 g/mol. The van der Waals surface area contributed by atoms with Crippen molar-refractivity contribution in [3.63, 3.8) is 0 Å². The molecule has 94 valence electrons. The third-order valence-electron chi connectivity index (χ3n) is 2.96. The van der Waals surface area contributed by atoms with Crippen LogP contribution in [0.25, 0.3) is 22.3 Å². The molecule has 0 bridgehead atoms. The number of hydrogen-bond acceptors (Lipinski definition) is 4. The molecule has 4 heteroatoms. The van der Waals surface area contributed by atoms with E-state index in [0.29, 0.717) is 5.82 Å². The predicted molar refractivity (Wildman–Crippen MR) is 75.5 cm³/mol. The Kier molecular flexibility index (Phi) is 3.16. The quantitative estimate of drug-likeness (QED) is 0.775. The van der Waals surface area contributed by atoms with Crippen LogP contribution in [0.2, 0.25) is 0 Å². The van der Waals surface area contributed by atoms with Crippen molar-refractivity contribution in [2.75, 3.05) is 7.05 Å². The van der Waals surface area contributed by atoms with Gasteiger partial charge in [0.15, 0.2) is 5.82 Å². The Morgan fingerprint density at radius 3 is 2.74 bits per heavy atom. The van der Waals surface area contributed by atoms with Crippen molar-refractivity contribution >= 4 is 10.8 Å². The first-order valence-corrected chi connectivity index (χ1v) is 6.19. The molecular weight excluding hydrogens is 236 g/mol. The van der Waals surface area contributed by atoms with E-state index in [1.165, 1.54) is 0 Å². The van der Waals surface area contributed by atoms with E-state index in [-0.39, 0.29) is 0 Å². The van der Waals surface area contributed by atoms with Crippen LogP contribution in [0.3, 0.4) is 0 Å². The maximum atomic E-state index is 4.55. The second-order valence-corrected chi connectivity index (χ2v) is 4.28. The minimum Gasteiger partial charge on any atom is -0.314 e. The smallest absolute Gasteiger partial charge is 0.179 e. The summed E-state index contributed by atoms with van der Waals surface area (Å²) in [4.78, 5) is 13.3. The topological polar surface area (TPSA) is 50.7 Å². The molecule has 0 aliphatic heterocycles. The Balaban J connectivity index is 2.16. The van der Waals surface area contributed by atoms with E-state index in [1.54, 1.807) is 12.4 Å². The number of hydrogen-bond donors (Lipinski definition) is 1. The highest BCUT2D eigenvalue weighted by atomic mass is 14.9. The molecule has 0 aliphatic rings. The molecule has 19 heavy (non-hydrogen) atoms. The van der Waals surface area contributed by atoms with Crippen LogP contribution in [0.15, 0.2) is 48.8 Å². The van der Waals surface area contributed by atoms with E-state index in [1.807, 2.05) is 37.4 Å². The summed E-state index contributed by atoms with van der Waals surface area (Å²) >= 11 is 0. The standard InChI is InChI=1S/C15H14N4/c1-16-10-12-7-9-18-15(19-12)14-13-5-3-2-4-11(13)6-8-17-14/h2-9,16H,10H2,1H3. The highest BCUT2D eigenvalue weighted by Crippen LogP contribution is 2.23. The first-order chi connectivity index (χ1) is 9.38. The SMILES string of the molecule is CNCc1ccnc(-c2nccc3ccccc23)n1. The number of nitrogens with zero attached hydrogens (tertiary/aromatic N) is 3.